The molecule has 0 unspecified atom stereocenters. The van der Waals surface area contributed by atoms with Crippen LogP contribution in [0.2, 0.25) is 0 Å². The Hall–Kier alpha value is -1.07. The number of nitrogens with one attached hydrogen (secondary N) is 1. The molecule has 0 bridgehead atoms. The molecule has 0 heterocycles. The summed E-state index contributed by atoms with van der Waals surface area (Å²) in [4.78, 5) is 3.87. The summed E-state index contributed by atoms with van der Waals surface area (Å²) in [7, 11) is 0. The van der Waals surface area contributed by atoms with Crippen LogP contribution in [0.1, 0.15) is 5.56 Å². The molecule has 0 saturated carbocycles. The van der Waals surface area contributed by atoms with Crippen LogP contribution in [0.5, 0.6) is 0 Å². The number of benzene rings is 1. The first-order valence-corrected chi connectivity index (χ1v) is 4.59. The fraction of sp³-hybridized carbons (Fsp3) is 0.300. The molecule has 0 spiro atoms. The molecule has 0 saturated heterocycles. The number of rotatable bonds is 5. The average Bonchev–Trinajstić information content (AvgIpc) is 2.18. The van der Waals surface area contributed by atoms with Crippen LogP contribution in [-0.4, -0.2) is 19.0 Å². The van der Waals surface area contributed by atoms with Crippen molar-refractivity contribution < 1.29 is 0 Å². The topological polar surface area (TPSA) is 76.4 Å². The van der Waals surface area contributed by atoms with Crippen molar-refractivity contribution in [2.45, 2.75) is 6.54 Å². The minimum atomic E-state index is 0. The maximum atomic E-state index is 5.19. The van der Waals surface area contributed by atoms with Gasteiger partial charge < -0.3 is 16.8 Å². The van der Waals surface area contributed by atoms with Crippen LogP contribution < -0.4 is 16.8 Å². The molecule has 0 atom stereocenters. The van der Waals surface area contributed by atoms with Gasteiger partial charge >= 0.3 is 0 Å². The van der Waals surface area contributed by atoms with E-state index in [4.69, 9.17) is 11.5 Å². The van der Waals surface area contributed by atoms with E-state index in [1.54, 1.807) is 0 Å². The summed E-state index contributed by atoms with van der Waals surface area (Å²) in [5, 5.41) is 3.24. The highest BCUT2D eigenvalue weighted by Gasteiger charge is 1.89. The third kappa shape index (κ3) is 6.93. The molecule has 4 nitrogen and oxygen atoms in total. The first-order valence-electron chi connectivity index (χ1n) is 4.59. The van der Waals surface area contributed by atoms with Crippen molar-refractivity contribution >= 4 is 22.9 Å². The summed E-state index contributed by atoms with van der Waals surface area (Å²) in [5.74, 6) is 0.145. The van der Waals surface area contributed by atoms with Gasteiger partial charge in [0.05, 0.1) is 6.54 Å². The molecule has 0 amide bonds. The predicted molar refractivity (Wildman–Crippen MR) is 69.1 cm³/mol. The van der Waals surface area contributed by atoms with Crippen molar-refractivity contribution in [1.29, 1.82) is 0 Å². The van der Waals surface area contributed by atoms with Gasteiger partial charge in [-0.05, 0) is 5.56 Å². The van der Waals surface area contributed by atoms with Crippen LogP contribution in [0.3, 0.4) is 0 Å². The molecule has 0 fully saturated rings. The van der Waals surface area contributed by atoms with E-state index in [1.807, 2.05) is 18.2 Å². The lowest BCUT2D eigenvalue weighted by Gasteiger charge is -2.02. The van der Waals surface area contributed by atoms with E-state index in [0.717, 1.165) is 13.1 Å². The van der Waals surface area contributed by atoms with Crippen molar-refractivity contribution in [3.63, 3.8) is 0 Å². The molecule has 5 heteroatoms. The molecule has 5 N–H and O–H groups in total. The second-order valence-electron chi connectivity index (χ2n) is 2.97. The lowest BCUT2D eigenvalue weighted by Crippen LogP contribution is -2.25. The SMILES string of the molecule is Br.NC(N)=NCCNCc1ccccc1. The lowest BCUT2D eigenvalue weighted by molar-refractivity contribution is 0.695. The van der Waals surface area contributed by atoms with Gasteiger partial charge in [-0.15, -0.1) is 17.0 Å². The highest BCUT2D eigenvalue weighted by atomic mass is 79.9. The zero-order valence-electron chi connectivity index (χ0n) is 8.52. The fourth-order valence-corrected chi connectivity index (χ4v) is 1.09. The largest absolute Gasteiger partial charge is 0.370 e. The Morgan fingerprint density at radius 1 is 1.20 bits per heavy atom. The minimum Gasteiger partial charge on any atom is -0.370 e. The van der Waals surface area contributed by atoms with Gasteiger partial charge in [0.15, 0.2) is 5.96 Å². The number of hydrogen-bond donors (Lipinski definition) is 3. The summed E-state index contributed by atoms with van der Waals surface area (Å²) < 4.78 is 0. The number of nitrogens with two attached hydrogens (primary N) is 2. The minimum absolute atomic E-state index is 0. The van der Waals surface area contributed by atoms with Crippen molar-refractivity contribution in [3.05, 3.63) is 35.9 Å². The molecule has 0 aromatic heterocycles. The standard InChI is InChI=1S/C10H16N4.BrH/c11-10(12)14-7-6-13-8-9-4-2-1-3-5-9;/h1-5,13H,6-8H2,(H4,11,12,14);1H. The molecular weight excluding hydrogens is 256 g/mol. The summed E-state index contributed by atoms with van der Waals surface area (Å²) in [6.45, 7) is 2.25. The van der Waals surface area contributed by atoms with Crippen molar-refractivity contribution in [2.24, 2.45) is 16.5 Å². The van der Waals surface area contributed by atoms with E-state index in [2.05, 4.69) is 22.4 Å². The van der Waals surface area contributed by atoms with Gasteiger partial charge in [-0.2, -0.15) is 0 Å². The van der Waals surface area contributed by atoms with Gasteiger partial charge in [0, 0.05) is 13.1 Å². The monoisotopic (exact) mass is 272 g/mol. The predicted octanol–water partition coefficient (Wildman–Crippen LogP) is 0.627. The van der Waals surface area contributed by atoms with Crippen molar-refractivity contribution in [3.8, 4) is 0 Å². The highest BCUT2D eigenvalue weighted by Crippen LogP contribution is 1.96. The van der Waals surface area contributed by atoms with E-state index in [0.29, 0.717) is 6.54 Å². The normalized spacial score (nSPS) is 9.07. The third-order valence-electron chi connectivity index (χ3n) is 1.75. The van der Waals surface area contributed by atoms with Gasteiger partial charge in [-0.25, -0.2) is 0 Å². The van der Waals surface area contributed by atoms with E-state index in [9.17, 15) is 0 Å². The summed E-state index contributed by atoms with van der Waals surface area (Å²) in [6, 6.07) is 10.2. The van der Waals surface area contributed by atoms with Crippen molar-refractivity contribution in [2.75, 3.05) is 13.1 Å². The third-order valence-corrected chi connectivity index (χ3v) is 1.75. The maximum Gasteiger partial charge on any atom is 0.185 e. The Balaban J connectivity index is 0.00000196. The van der Waals surface area contributed by atoms with Crippen LogP contribution in [0.15, 0.2) is 35.3 Å². The summed E-state index contributed by atoms with van der Waals surface area (Å²) in [5.41, 5.74) is 11.6. The van der Waals surface area contributed by atoms with Gasteiger partial charge in [-0.3, -0.25) is 4.99 Å². The zero-order valence-corrected chi connectivity index (χ0v) is 10.2. The number of guanidine groups is 1. The number of nitrogens with zero attached hydrogens (tertiary/aromatic N) is 1. The van der Waals surface area contributed by atoms with Crippen molar-refractivity contribution in [1.82, 2.24) is 5.32 Å². The quantitative estimate of drug-likeness (QED) is 0.418. The molecule has 0 aliphatic heterocycles. The Bertz CT molecular complexity index is 283. The molecule has 15 heavy (non-hydrogen) atoms. The van der Waals surface area contributed by atoms with E-state index in [1.165, 1.54) is 5.56 Å². The Morgan fingerprint density at radius 2 is 1.87 bits per heavy atom. The summed E-state index contributed by atoms with van der Waals surface area (Å²) >= 11 is 0. The second kappa shape index (κ2) is 8.26. The first kappa shape index (κ1) is 13.9. The Labute approximate surface area is 101 Å². The van der Waals surface area contributed by atoms with Crippen LogP contribution in [0.4, 0.5) is 0 Å². The first-order chi connectivity index (χ1) is 6.79. The number of aliphatic imine (C=N–C) groups is 1. The number of hydrogen-bond acceptors (Lipinski definition) is 2. The van der Waals surface area contributed by atoms with Gasteiger partial charge in [0.25, 0.3) is 0 Å². The molecule has 1 aromatic carbocycles. The highest BCUT2D eigenvalue weighted by molar-refractivity contribution is 8.93. The second-order valence-corrected chi connectivity index (χ2v) is 2.97. The average molecular weight is 273 g/mol. The lowest BCUT2D eigenvalue weighted by atomic mass is 10.2. The van der Waals surface area contributed by atoms with E-state index >= 15 is 0 Å². The van der Waals surface area contributed by atoms with E-state index < -0.39 is 0 Å². The molecule has 1 aromatic rings. The molecule has 0 aliphatic rings. The zero-order chi connectivity index (χ0) is 10.2. The molecule has 0 radical (unpaired) electrons. The van der Waals surface area contributed by atoms with Gasteiger partial charge in [0.2, 0.25) is 0 Å². The fourth-order valence-electron chi connectivity index (χ4n) is 1.09. The molecule has 0 aliphatic carbocycles. The van der Waals surface area contributed by atoms with Crippen LogP contribution in [0, 0.1) is 0 Å². The van der Waals surface area contributed by atoms with Gasteiger partial charge in [0.1, 0.15) is 0 Å². The molecule has 1 rings (SSSR count). The summed E-state index contributed by atoms with van der Waals surface area (Å²) in [6.07, 6.45) is 0. The van der Waals surface area contributed by atoms with Crippen LogP contribution in [-0.2, 0) is 6.54 Å². The molecular formula is C10H17BrN4. The Morgan fingerprint density at radius 3 is 2.47 bits per heavy atom. The maximum absolute atomic E-state index is 5.19. The molecule has 84 valence electrons. The Kier molecular flexibility index (Phi) is 7.67. The number of halogens is 1. The van der Waals surface area contributed by atoms with Crippen LogP contribution >= 0.6 is 17.0 Å². The smallest absolute Gasteiger partial charge is 0.185 e. The van der Waals surface area contributed by atoms with Crippen LogP contribution in [0.25, 0.3) is 0 Å². The van der Waals surface area contributed by atoms with Gasteiger partial charge in [-0.1, -0.05) is 30.3 Å². The van der Waals surface area contributed by atoms with E-state index in [-0.39, 0.29) is 22.9 Å².